The third kappa shape index (κ3) is 4.48. The molecule has 0 radical (unpaired) electrons. The molecule has 5 heterocycles. The van der Waals surface area contributed by atoms with Crippen molar-refractivity contribution in [3.05, 3.63) is 59.4 Å². The molecule has 0 amide bonds. The van der Waals surface area contributed by atoms with Crippen LogP contribution in [0.25, 0.3) is 22.4 Å². The Labute approximate surface area is 212 Å². The second kappa shape index (κ2) is 9.21. The van der Waals surface area contributed by atoms with E-state index < -0.39 is 0 Å². The average Bonchev–Trinajstić information content (AvgIpc) is 3.62. The largest absolute Gasteiger partial charge is 0.463 e. The maximum Gasteiger partial charge on any atom is 0.233 e. The average molecular weight is 505 g/mol. The van der Waals surface area contributed by atoms with Gasteiger partial charge in [0.15, 0.2) is 11.6 Å². The Kier molecular flexibility index (Phi) is 5.74. The third-order valence-corrected chi connectivity index (χ3v) is 6.56. The molecular formula is C25H25ClN8O2. The number of furan rings is 1. The summed E-state index contributed by atoms with van der Waals surface area (Å²) in [6.45, 7) is 5.60. The first-order valence-corrected chi connectivity index (χ1v) is 12.0. The number of nitrogens with one attached hydrogen (secondary N) is 3. The van der Waals surface area contributed by atoms with Crippen molar-refractivity contribution in [2.45, 2.75) is 6.92 Å². The number of rotatable bonds is 6. The van der Waals surface area contributed by atoms with Gasteiger partial charge in [-0.2, -0.15) is 15.1 Å². The SMILES string of the molecule is Cc1cc2c(Cl)c(Oc3cc(N4CCN(C)CC4)nc(Nc4cc(-c5ccco5)[nH]n4)n3)ccc2[nH]1. The first-order chi connectivity index (χ1) is 17.5. The Morgan fingerprint density at radius 3 is 2.75 bits per heavy atom. The predicted molar refractivity (Wildman–Crippen MR) is 139 cm³/mol. The van der Waals surface area contributed by atoms with Gasteiger partial charge in [-0.05, 0) is 44.3 Å². The molecule has 0 unspecified atom stereocenters. The molecule has 1 aliphatic rings. The molecule has 10 nitrogen and oxygen atoms in total. The van der Waals surface area contributed by atoms with Gasteiger partial charge in [0.2, 0.25) is 11.8 Å². The van der Waals surface area contributed by atoms with E-state index in [9.17, 15) is 0 Å². The molecule has 0 atom stereocenters. The van der Waals surface area contributed by atoms with Gasteiger partial charge in [-0.1, -0.05) is 11.6 Å². The molecule has 0 aliphatic carbocycles. The maximum atomic E-state index is 6.69. The lowest BCUT2D eigenvalue weighted by Gasteiger charge is -2.33. The lowest BCUT2D eigenvalue weighted by Crippen LogP contribution is -2.44. The minimum absolute atomic E-state index is 0.369. The summed E-state index contributed by atoms with van der Waals surface area (Å²) >= 11 is 6.69. The van der Waals surface area contributed by atoms with Crippen molar-refractivity contribution >= 4 is 40.1 Å². The van der Waals surface area contributed by atoms with Gasteiger partial charge in [-0.25, -0.2) is 0 Å². The number of ether oxygens (including phenoxy) is 1. The fourth-order valence-corrected chi connectivity index (χ4v) is 4.51. The van der Waals surface area contributed by atoms with Crippen molar-refractivity contribution in [1.82, 2.24) is 30.0 Å². The van der Waals surface area contributed by atoms with E-state index in [4.69, 9.17) is 25.7 Å². The number of anilines is 3. The second-order valence-corrected chi connectivity index (χ2v) is 9.22. The maximum absolute atomic E-state index is 6.69. The van der Waals surface area contributed by atoms with E-state index in [-0.39, 0.29) is 0 Å². The number of halogens is 1. The van der Waals surface area contributed by atoms with Crippen molar-refractivity contribution in [3.8, 4) is 23.1 Å². The quantitative estimate of drug-likeness (QED) is 0.289. The molecular weight excluding hydrogens is 480 g/mol. The number of aromatic nitrogens is 5. The lowest BCUT2D eigenvalue weighted by atomic mass is 10.2. The smallest absolute Gasteiger partial charge is 0.233 e. The number of aromatic amines is 2. The van der Waals surface area contributed by atoms with Gasteiger partial charge in [0.25, 0.3) is 0 Å². The molecule has 3 N–H and O–H groups in total. The fourth-order valence-electron chi connectivity index (χ4n) is 4.26. The standard InChI is InChI=1S/C25H25ClN8O2/c1-15-12-16-17(27-15)5-6-20(24(16)26)36-23-14-22(34-9-7-33(2)8-10-34)29-25(30-23)28-21-13-18(31-32-21)19-4-3-11-35-19/h3-6,11-14,27H,7-10H2,1-2H3,(H2,28,29,30,31,32). The van der Waals surface area contributed by atoms with E-state index in [0.717, 1.165) is 54.3 Å². The van der Waals surface area contributed by atoms with Crippen LogP contribution >= 0.6 is 11.6 Å². The number of fused-ring (bicyclic) bond motifs is 1. The molecule has 11 heteroatoms. The number of piperazine rings is 1. The molecule has 4 aromatic heterocycles. The Balaban J connectivity index is 1.33. The molecule has 0 saturated carbocycles. The van der Waals surface area contributed by atoms with Gasteiger partial charge in [0.05, 0.1) is 11.3 Å². The summed E-state index contributed by atoms with van der Waals surface area (Å²) in [5.41, 5.74) is 2.73. The van der Waals surface area contributed by atoms with Gasteiger partial charge in [0.1, 0.15) is 17.3 Å². The highest BCUT2D eigenvalue weighted by Gasteiger charge is 2.19. The van der Waals surface area contributed by atoms with Crippen LogP contribution in [0, 0.1) is 6.92 Å². The molecule has 5 aromatic rings. The molecule has 184 valence electrons. The van der Waals surface area contributed by atoms with Crippen LogP contribution in [0.3, 0.4) is 0 Å². The van der Waals surface area contributed by atoms with Crippen molar-refractivity contribution < 1.29 is 9.15 Å². The number of H-pyrrole nitrogens is 2. The number of likely N-dealkylation sites (N-methyl/N-ethyl adjacent to an activating group) is 1. The van der Waals surface area contributed by atoms with Gasteiger partial charge in [0, 0.05) is 54.9 Å². The molecule has 1 aliphatic heterocycles. The van der Waals surface area contributed by atoms with Crippen LogP contribution in [-0.2, 0) is 0 Å². The Morgan fingerprint density at radius 2 is 1.94 bits per heavy atom. The molecule has 6 rings (SSSR count). The van der Waals surface area contributed by atoms with E-state index in [1.165, 1.54) is 0 Å². The van der Waals surface area contributed by atoms with E-state index >= 15 is 0 Å². The number of hydrogen-bond acceptors (Lipinski definition) is 8. The molecule has 0 spiro atoms. The van der Waals surface area contributed by atoms with Crippen molar-refractivity contribution in [3.63, 3.8) is 0 Å². The minimum Gasteiger partial charge on any atom is -0.463 e. The normalized spacial score (nSPS) is 14.5. The lowest BCUT2D eigenvalue weighted by molar-refractivity contribution is 0.312. The van der Waals surface area contributed by atoms with Crippen LogP contribution in [0.5, 0.6) is 11.6 Å². The second-order valence-electron chi connectivity index (χ2n) is 8.84. The zero-order valence-electron chi connectivity index (χ0n) is 19.9. The topological polar surface area (TPSA) is 111 Å². The van der Waals surface area contributed by atoms with Crippen LogP contribution in [0.2, 0.25) is 5.02 Å². The minimum atomic E-state index is 0.369. The van der Waals surface area contributed by atoms with Crippen molar-refractivity contribution in [2.75, 3.05) is 43.4 Å². The summed E-state index contributed by atoms with van der Waals surface area (Å²) in [6.07, 6.45) is 1.62. The number of nitrogens with zero attached hydrogens (tertiary/aromatic N) is 5. The highest BCUT2D eigenvalue weighted by atomic mass is 35.5. The van der Waals surface area contributed by atoms with Crippen LogP contribution < -0.4 is 15.0 Å². The Morgan fingerprint density at radius 1 is 1.08 bits per heavy atom. The van der Waals surface area contributed by atoms with Crippen molar-refractivity contribution in [2.24, 2.45) is 0 Å². The monoisotopic (exact) mass is 504 g/mol. The summed E-state index contributed by atoms with van der Waals surface area (Å²) < 4.78 is 11.6. The van der Waals surface area contributed by atoms with Crippen LogP contribution in [-0.4, -0.2) is 63.3 Å². The first-order valence-electron chi connectivity index (χ1n) is 11.7. The fraction of sp³-hybridized carbons (Fsp3) is 0.240. The van der Waals surface area contributed by atoms with Gasteiger partial charge < -0.3 is 29.3 Å². The third-order valence-electron chi connectivity index (χ3n) is 6.17. The number of aryl methyl sites for hydroxylation is 1. The molecule has 0 bridgehead atoms. The first kappa shape index (κ1) is 22.4. The van der Waals surface area contributed by atoms with Crippen LogP contribution in [0.4, 0.5) is 17.6 Å². The number of hydrogen-bond donors (Lipinski definition) is 3. The summed E-state index contributed by atoms with van der Waals surface area (Å²) in [6, 6.07) is 13.2. The van der Waals surface area contributed by atoms with E-state index in [1.807, 2.05) is 49.4 Å². The zero-order chi connectivity index (χ0) is 24.6. The number of benzene rings is 1. The van der Waals surface area contributed by atoms with E-state index in [1.54, 1.807) is 6.26 Å². The summed E-state index contributed by atoms with van der Waals surface area (Å²) in [7, 11) is 2.12. The zero-order valence-corrected chi connectivity index (χ0v) is 20.6. The Bertz CT molecular complexity index is 1500. The molecule has 1 saturated heterocycles. The molecule has 36 heavy (non-hydrogen) atoms. The summed E-state index contributed by atoms with van der Waals surface area (Å²) in [5.74, 6) is 3.30. The summed E-state index contributed by atoms with van der Waals surface area (Å²) in [4.78, 5) is 17.2. The van der Waals surface area contributed by atoms with E-state index in [2.05, 4.69) is 42.3 Å². The van der Waals surface area contributed by atoms with Gasteiger partial charge in [-0.15, -0.1) is 0 Å². The molecule has 1 aromatic carbocycles. The van der Waals surface area contributed by atoms with E-state index in [0.29, 0.717) is 34.2 Å². The highest BCUT2D eigenvalue weighted by Crippen LogP contribution is 2.36. The highest BCUT2D eigenvalue weighted by molar-refractivity contribution is 6.37. The molecule has 1 fully saturated rings. The van der Waals surface area contributed by atoms with Crippen LogP contribution in [0.1, 0.15) is 5.69 Å². The predicted octanol–water partition coefficient (Wildman–Crippen LogP) is 5.19. The Hall–Kier alpha value is -4.02. The van der Waals surface area contributed by atoms with Gasteiger partial charge >= 0.3 is 0 Å². The van der Waals surface area contributed by atoms with Gasteiger partial charge in [-0.3, -0.25) is 5.10 Å². The summed E-state index contributed by atoms with van der Waals surface area (Å²) in [5, 5.41) is 11.9. The van der Waals surface area contributed by atoms with Crippen molar-refractivity contribution in [1.29, 1.82) is 0 Å². The van der Waals surface area contributed by atoms with Crippen LogP contribution in [0.15, 0.2) is 53.1 Å².